The summed E-state index contributed by atoms with van der Waals surface area (Å²) in [5, 5.41) is 2.95. The lowest BCUT2D eigenvalue weighted by atomic mass is 10.1. The quantitative estimate of drug-likeness (QED) is 0.525. The molecule has 8 heteroatoms. The Balaban J connectivity index is 1.55. The third kappa shape index (κ3) is 6.21. The van der Waals surface area contributed by atoms with Gasteiger partial charge < -0.3 is 19.4 Å². The second-order valence-electron chi connectivity index (χ2n) is 8.81. The SMILES string of the molecule is COc1cncc(-c2nc(-c3ccc(CCN4CCOCC4)cc3)cn2CC(=O)NC(C)C)c1. The van der Waals surface area contributed by atoms with Crippen LogP contribution in [0.3, 0.4) is 0 Å². The minimum atomic E-state index is -0.0606. The third-order valence-corrected chi connectivity index (χ3v) is 5.82. The van der Waals surface area contributed by atoms with Crippen LogP contribution in [0, 0.1) is 0 Å². The molecule has 0 spiro atoms. The summed E-state index contributed by atoms with van der Waals surface area (Å²) in [4.78, 5) is 24.1. The van der Waals surface area contributed by atoms with E-state index in [0.717, 1.165) is 56.1 Å². The van der Waals surface area contributed by atoms with Crippen LogP contribution in [-0.4, -0.2) is 71.3 Å². The fraction of sp³-hybridized carbons (Fsp3) is 0.423. The number of amides is 1. The van der Waals surface area contributed by atoms with Crippen LogP contribution < -0.4 is 10.1 Å². The number of hydrogen-bond donors (Lipinski definition) is 1. The first-order valence-electron chi connectivity index (χ1n) is 11.8. The summed E-state index contributed by atoms with van der Waals surface area (Å²) in [5.74, 6) is 1.26. The molecule has 180 valence electrons. The molecule has 1 aromatic carbocycles. The second-order valence-corrected chi connectivity index (χ2v) is 8.81. The smallest absolute Gasteiger partial charge is 0.240 e. The predicted octanol–water partition coefficient (Wildman–Crippen LogP) is 3.02. The van der Waals surface area contributed by atoms with E-state index in [1.807, 2.05) is 30.7 Å². The van der Waals surface area contributed by atoms with Crippen LogP contribution >= 0.6 is 0 Å². The molecular weight excluding hydrogens is 430 g/mol. The van der Waals surface area contributed by atoms with Crippen molar-refractivity contribution in [3.05, 3.63) is 54.5 Å². The monoisotopic (exact) mass is 463 g/mol. The Bertz CT molecular complexity index is 1090. The van der Waals surface area contributed by atoms with E-state index in [9.17, 15) is 4.79 Å². The lowest BCUT2D eigenvalue weighted by Gasteiger charge is -2.26. The summed E-state index contributed by atoms with van der Waals surface area (Å²) < 4.78 is 12.6. The van der Waals surface area contributed by atoms with Crippen molar-refractivity contribution in [3.8, 4) is 28.4 Å². The van der Waals surface area contributed by atoms with Gasteiger partial charge in [0.25, 0.3) is 0 Å². The maximum absolute atomic E-state index is 12.5. The number of nitrogens with zero attached hydrogens (tertiary/aromatic N) is 4. The molecule has 1 aliphatic heterocycles. The molecule has 0 radical (unpaired) electrons. The van der Waals surface area contributed by atoms with E-state index in [-0.39, 0.29) is 18.5 Å². The van der Waals surface area contributed by atoms with E-state index in [4.69, 9.17) is 14.5 Å². The number of benzene rings is 1. The number of carbonyl (C=O) groups is 1. The van der Waals surface area contributed by atoms with E-state index in [1.54, 1.807) is 19.5 Å². The fourth-order valence-electron chi connectivity index (χ4n) is 4.04. The van der Waals surface area contributed by atoms with E-state index >= 15 is 0 Å². The number of carbonyl (C=O) groups excluding carboxylic acids is 1. The van der Waals surface area contributed by atoms with E-state index in [1.165, 1.54) is 5.56 Å². The van der Waals surface area contributed by atoms with Crippen molar-refractivity contribution in [1.82, 2.24) is 24.8 Å². The van der Waals surface area contributed by atoms with Crippen LogP contribution in [0.15, 0.2) is 48.9 Å². The van der Waals surface area contributed by atoms with E-state index < -0.39 is 0 Å². The minimum Gasteiger partial charge on any atom is -0.495 e. The molecule has 1 saturated heterocycles. The summed E-state index contributed by atoms with van der Waals surface area (Å²) in [6, 6.07) is 10.5. The van der Waals surface area contributed by atoms with Gasteiger partial charge in [0.05, 0.1) is 32.2 Å². The fourth-order valence-corrected chi connectivity index (χ4v) is 4.04. The molecule has 1 N–H and O–H groups in total. The molecule has 2 aromatic heterocycles. The number of rotatable bonds is 9. The van der Waals surface area contributed by atoms with Gasteiger partial charge in [-0.05, 0) is 31.9 Å². The molecule has 3 aromatic rings. The Morgan fingerprint density at radius 3 is 2.62 bits per heavy atom. The average molecular weight is 464 g/mol. The lowest BCUT2D eigenvalue weighted by molar-refractivity contribution is -0.122. The van der Waals surface area contributed by atoms with Crippen molar-refractivity contribution < 1.29 is 14.3 Å². The molecule has 1 fully saturated rings. The van der Waals surface area contributed by atoms with Gasteiger partial charge in [-0.3, -0.25) is 14.7 Å². The number of nitrogens with one attached hydrogen (secondary N) is 1. The molecule has 34 heavy (non-hydrogen) atoms. The Kier molecular flexibility index (Phi) is 7.92. The van der Waals surface area contributed by atoms with E-state index in [2.05, 4.69) is 39.5 Å². The first-order valence-corrected chi connectivity index (χ1v) is 11.8. The molecule has 0 unspecified atom stereocenters. The number of methoxy groups -OCH3 is 1. The number of pyridine rings is 1. The van der Waals surface area contributed by atoms with Gasteiger partial charge >= 0.3 is 0 Å². The highest BCUT2D eigenvalue weighted by Gasteiger charge is 2.16. The Morgan fingerprint density at radius 2 is 1.91 bits per heavy atom. The summed E-state index contributed by atoms with van der Waals surface area (Å²) in [7, 11) is 1.61. The van der Waals surface area contributed by atoms with Crippen molar-refractivity contribution in [2.24, 2.45) is 0 Å². The zero-order chi connectivity index (χ0) is 23.9. The van der Waals surface area contributed by atoms with Gasteiger partial charge in [-0.15, -0.1) is 0 Å². The minimum absolute atomic E-state index is 0.0606. The Hall–Kier alpha value is -3.23. The van der Waals surface area contributed by atoms with Crippen molar-refractivity contribution in [3.63, 3.8) is 0 Å². The molecule has 0 bridgehead atoms. The third-order valence-electron chi connectivity index (χ3n) is 5.82. The first kappa shape index (κ1) is 23.9. The largest absolute Gasteiger partial charge is 0.495 e. The maximum atomic E-state index is 12.5. The summed E-state index contributed by atoms with van der Waals surface area (Å²) in [6.07, 6.45) is 6.32. The zero-order valence-corrected chi connectivity index (χ0v) is 20.2. The van der Waals surface area contributed by atoms with Gasteiger partial charge in [-0.1, -0.05) is 24.3 Å². The number of morpholine rings is 1. The number of aromatic nitrogens is 3. The van der Waals surface area contributed by atoms with E-state index in [0.29, 0.717) is 11.6 Å². The normalized spacial score (nSPS) is 14.4. The molecule has 1 aliphatic rings. The van der Waals surface area contributed by atoms with Crippen LogP contribution in [0.5, 0.6) is 5.75 Å². The summed E-state index contributed by atoms with van der Waals surface area (Å²) in [6.45, 7) is 8.76. The number of imidazole rings is 1. The first-order chi connectivity index (χ1) is 16.5. The summed E-state index contributed by atoms with van der Waals surface area (Å²) >= 11 is 0. The molecule has 1 amide bonds. The van der Waals surface area contributed by atoms with Gasteiger partial charge in [-0.2, -0.15) is 0 Å². The van der Waals surface area contributed by atoms with Crippen LogP contribution in [0.2, 0.25) is 0 Å². The van der Waals surface area contributed by atoms with Gasteiger partial charge in [0, 0.05) is 49.2 Å². The van der Waals surface area contributed by atoms with Crippen molar-refractivity contribution >= 4 is 5.91 Å². The van der Waals surface area contributed by atoms with Gasteiger partial charge in [-0.25, -0.2) is 4.98 Å². The number of ether oxygens (including phenoxy) is 2. The van der Waals surface area contributed by atoms with Crippen LogP contribution in [0.25, 0.3) is 22.6 Å². The van der Waals surface area contributed by atoms with Crippen LogP contribution in [0.1, 0.15) is 19.4 Å². The van der Waals surface area contributed by atoms with Gasteiger partial charge in [0.1, 0.15) is 18.1 Å². The molecule has 0 saturated carbocycles. The van der Waals surface area contributed by atoms with Crippen LogP contribution in [0.4, 0.5) is 0 Å². The highest BCUT2D eigenvalue weighted by molar-refractivity contribution is 5.77. The predicted molar refractivity (Wildman–Crippen MR) is 132 cm³/mol. The Labute approximate surface area is 200 Å². The van der Waals surface area contributed by atoms with Gasteiger partial charge in [0.2, 0.25) is 5.91 Å². The second kappa shape index (κ2) is 11.3. The Morgan fingerprint density at radius 1 is 1.15 bits per heavy atom. The molecule has 3 heterocycles. The molecule has 0 atom stereocenters. The summed E-state index contributed by atoms with van der Waals surface area (Å²) in [5.41, 5.74) is 3.92. The molecule has 4 rings (SSSR count). The topological polar surface area (TPSA) is 81.5 Å². The van der Waals surface area contributed by atoms with Crippen molar-refractivity contribution in [1.29, 1.82) is 0 Å². The average Bonchev–Trinajstić information content (AvgIpc) is 3.26. The number of hydrogen-bond acceptors (Lipinski definition) is 6. The maximum Gasteiger partial charge on any atom is 0.240 e. The molecular formula is C26H33N5O3. The molecule has 8 nitrogen and oxygen atoms in total. The highest BCUT2D eigenvalue weighted by Crippen LogP contribution is 2.27. The standard InChI is InChI=1S/C26H33N5O3/c1-19(2)28-25(32)18-31-17-24(29-26(31)22-14-23(33-3)16-27-15-22)21-6-4-20(5-7-21)8-9-30-10-12-34-13-11-30/h4-7,14-17,19H,8-13,18H2,1-3H3,(H,28,32). The molecule has 0 aliphatic carbocycles. The van der Waals surface area contributed by atoms with Crippen molar-refractivity contribution in [2.45, 2.75) is 32.9 Å². The lowest BCUT2D eigenvalue weighted by Crippen LogP contribution is -2.37. The highest BCUT2D eigenvalue weighted by atomic mass is 16.5. The van der Waals surface area contributed by atoms with Crippen LogP contribution in [-0.2, 0) is 22.5 Å². The zero-order valence-electron chi connectivity index (χ0n) is 20.2. The van der Waals surface area contributed by atoms with Crippen molar-refractivity contribution in [2.75, 3.05) is 40.0 Å². The van der Waals surface area contributed by atoms with Gasteiger partial charge in [0.15, 0.2) is 0 Å².